The van der Waals surface area contributed by atoms with Gasteiger partial charge < -0.3 is 0 Å². The van der Waals surface area contributed by atoms with Crippen LogP contribution < -0.4 is 0 Å². The molecule has 1 heterocycles. The molecule has 0 radical (unpaired) electrons. The summed E-state index contributed by atoms with van der Waals surface area (Å²) in [7, 11) is 0. The fourth-order valence-corrected chi connectivity index (χ4v) is 3.24. The molecule has 1 saturated carbocycles. The highest BCUT2D eigenvalue weighted by Gasteiger charge is 2.46. The Kier molecular flexibility index (Phi) is 3.16. The summed E-state index contributed by atoms with van der Waals surface area (Å²) in [6, 6.07) is 6.98. The number of Topliss-reactive ketones (excluding diaryl/α,β-unsaturated/α-hetero) is 1. The van der Waals surface area contributed by atoms with Crippen LogP contribution in [-0.4, -0.2) is 28.5 Å². The molecule has 2 atom stereocenters. The molecule has 4 heteroatoms. The first-order chi connectivity index (χ1) is 9.58. The largest absolute Gasteiger partial charge is 0.299 e. The van der Waals surface area contributed by atoms with Crippen LogP contribution in [0.25, 0.3) is 0 Å². The summed E-state index contributed by atoms with van der Waals surface area (Å²) in [5.74, 6) is -0.350. The van der Waals surface area contributed by atoms with E-state index in [1.54, 1.807) is 12.1 Å². The molecule has 1 aromatic rings. The lowest BCUT2D eigenvalue weighted by molar-refractivity contribution is -0.135. The van der Waals surface area contributed by atoms with Gasteiger partial charge in [-0.1, -0.05) is 17.7 Å². The highest BCUT2D eigenvalue weighted by Crippen LogP contribution is 2.35. The second-order valence-corrected chi connectivity index (χ2v) is 5.65. The van der Waals surface area contributed by atoms with Crippen molar-refractivity contribution < 1.29 is 14.4 Å². The first kappa shape index (κ1) is 13.0. The van der Waals surface area contributed by atoms with E-state index in [9.17, 15) is 14.4 Å². The number of rotatable bonds is 1. The van der Waals surface area contributed by atoms with E-state index in [0.29, 0.717) is 31.2 Å². The molecule has 1 aromatic carbocycles. The molecule has 0 bridgehead atoms. The maximum Gasteiger partial charge on any atom is 0.260 e. The van der Waals surface area contributed by atoms with Crippen LogP contribution in [0.2, 0.25) is 0 Å². The summed E-state index contributed by atoms with van der Waals surface area (Å²) in [6.45, 7) is 1.95. The Morgan fingerprint density at radius 2 is 1.80 bits per heavy atom. The van der Waals surface area contributed by atoms with Crippen LogP contribution in [0.1, 0.15) is 41.6 Å². The lowest BCUT2D eigenvalue weighted by atomic mass is 9.90. The van der Waals surface area contributed by atoms with E-state index in [0.717, 1.165) is 5.56 Å². The fourth-order valence-electron chi connectivity index (χ4n) is 3.24. The van der Waals surface area contributed by atoms with Gasteiger partial charge in [-0.25, -0.2) is 0 Å². The van der Waals surface area contributed by atoms with Crippen molar-refractivity contribution in [2.75, 3.05) is 0 Å². The maximum absolute atomic E-state index is 12.6. The third-order valence-corrected chi connectivity index (χ3v) is 4.35. The third kappa shape index (κ3) is 2.05. The van der Waals surface area contributed by atoms with E-state index in [2.05, 4.69) is 0 Å². The number of hydrogen-bond acceptors (Lipinski definition) is 3. The second kappa shape index (κ2) is 4.85. The number of carbonyl (C=O) groups excluding carboxylic acids is 3. The lowest BCUT2D eigenvalue weighted by Crippen LogP contribution is -2.50. The molecule has 2 aliphatic rings. The normalized spacial score (nSPS) is 25.8. The van der Waals surface area contributed by atoms with Crippen LogP contribution >= 0.6 is 0 Å². The Hall–Kier alpha value is -1.97. The van der Waals surface area contributed by atoms with E-state index in [4.69, 9.17) is 0 Å². The van der Waals surface area contributed by atoms with Gasteiger partial charge in [0, 0.05) is 24.3 Å². The number of ketones is 1. The molecule has 104 valence electrons. The lowest BCUT2D eigenvalue weighted by Gasteiger charge is -2.35. The molecule has 4 nitrogen and oxygen atoms in total. The minimum Gasteiger partial charge on any atom is -0.299 e. The number of fused-ring (bicyclic) bond motifs is 1. The van der Waals surface area contributed by atoms with Crippen molar-refractivity contribution in [3.8, 4) is 0 Å². The number of hydrogen-bond donors (Lipinski definition) is 0. The molecule has 3 rings (SSSR count). The zero-order chi connectivity index (χ0) is 14.3. The summed E-state index contributed by atoms with van der Waals surface area (Å²) in [4.78, 5) is 37.8. The molecule has 2 fully saturated rings. The van der Waals surface area contributed by atoms with Crippen LogP contribution in [-0.2, 0) is 9.59 Å². The molecule has 1 saturated heterocycles. The van der Waals surface area contributed by atoms with E-state index in [1.165, 1.54) is 4.90 Å². The Balaban J connectivity index is 1.90. The van der Waals surface area contributed by atoms with Crippen molar-refractivity contribution in [2.45, 2.75) is 38.6 Å². The SMILES string of the molecule is Cc1ccc(C(=O)N2C(=O)CC[C@@H]3C(=O)CC[C@@H]32)cc1. The van der Waals surface area contributed by atoms with Crippen LogP contribution in [0.15, 0.2) is 24.3 Å². The molecule has 0 N–H and O–H groups in total. The van der Waals surface area contributed by atoms with E-state index >= 15 is 0 Å². The number of amides is 2. The Morgan fingerprint density at radius 1 is 1.10 bits per heavy atom. The van der Waals surface area contributed by atoms with Crippen molar-refractivity contribution >= 4 is 17.6 Å². The van der Waals surface area contributed by atoms with E-state index in [-0.39, 0.29) is 29.6 Å². The van der Waals surface area contributed by atoms with Gasteiger partial charge in [0.1, 0.15) is 5.78 Å². The highest BCUT2D eigenvalue weighted by molar-refractivity contribution is 6.06. The topological polar surface area (TPSA) is 54.5 Å². The second-order valence-electron chi connectivity index (χ2n) is 5.65. The van der Waals surface area contributed by atoms with Gasteiger partial charge in [-0.3, -0.25) is 19.3 Å². The summed E-state index contributed by atoms with van der Waals surface area (Å²) >= 11 is 0. The quantitative estimate of drug-likeness (QED) is 0.735. The number of aryl methyl sites for hydroxylation is 1. The van der Waals surface area contributed by atoms with Gasteiger partial charge in [0.25, 0.3) is 5.91 Å². The summed E-state index contributed by atoms with van der Waals surface area (Å²) in [6.07, 6.45) is 2.00. The van der Waals surface area contributed by atoms with Gasteiger partial charge in [0.05, 0.1) is 6.04 Å². The molecule has 1 aliphatic heterocycles. The number of piperidine rings is 1. The van der Waals surface area contributed by atoms with E-state index < -0.39 is 0 Å². The summed E-state index contributed by atoms with van der Waals surface area (Å²) < 4.78 is 0. The predicted molar refractivity (Wildman–Crippen MR) is 73.1 cm³/mol. The first-order valence-corrected chi connectivity index (χ1v) is 7.03. The van der Waals surface area contributed by atoms with Crippen molar-refractivity contribution in [3.05, 3.63) is 35.4 Å². The third-order valence-electron chi connectivity index (χ3n) is 4.35. The molecule has 0 unspecified atom stereocenters. The number of likely N-dealkylation sites (tertiary alicyclic amines) is 1. The summed E-state index contributed by atoms with van der Waals surface area (Å²) in [5.41, 5.74) is 1.59. The van der Waals surface area contributed by atoms with Gasteiger partial charge >= 0.3 is 0 Å². The van der Waals surface area contributed by atoms with Gasteiger partial charge in [0.2, 0.25) is 5.91 Å². The first-order valence-electron chi connectivity index (χ1n) is 7.03. The number of imide groups is 1. The number of benzene rings is 1. The predicted octanol–water partition coefficient (Wildman–Crippen LogP) is 2.11. The van der Waals surface area contributed by atoms with E-state index in [1.807, 2.05) is 19.1 Å². The van der Waals surface area contributed by atoms with Gasteiger partial charge in [-0.15, -0.1) is 0 Å². The Labute approximate surface area is 117 Å². The van der Waals surface area contributed by atoms with Crippen LogP contribution in [0, 0.1) is 12.8 Å². The smallest absolute Gasteiger partial charge is 0.260 e. The maximum atomic E-state index is 12.6. The zero-order valence-corrected chi connectivity index (χ0v) is 11.5. The van der Waals surface area contributed by atoms with Gasteiger partial charge in [-0.05, 0) is 31.9 Å². The molecule has 20 heavy (non-hydrogen) atoms. The molecule has 2 amide bonds. The molecule has 0 aromatic heterocycles. The number of carbonyl (C=O) groups is 3. The Bertz CT molecular complexity index is 576. The van der Waals surface area contributed by atoms with Crippen molar-refractivity contribution in [3.63, 3.8) is 0 Å². The monoisotopic (exact) mass is 271 g/mol. The van der Waals surface area contributed by atoms with Crippen LogP contribution in [0.4, 0.5) is 0 Å². The van der Waals surface area contributed by atoms with Crippen LogP contribution in [0.3, 0.4) is 0 Å². The number of nitrogens with zero attached hydrogens (tertiary/aromatic N) is 1. The highest BCUT2D eigenvalue weighted by atomic mass is 16.2. The average molecular weight is 271 g/mol. The molecular weight excluding hydrogens is 254 g/mol. The van der Waals surface area contributed by atoms with Gasteiger partial charge in [-0.2, -0.15) is 0 Å². The zero-order valence-electron chi connectivity index (χ0n) is 11.5. The standard InChI is InChI=1S/C16H17NO3/c1-10-2-4-11(5-3-10)16(20)17-13-7-8-14(18)12(13)6-9-15(17)19/h2-5,12-13H,6-9H2,1H3/t12-,13-/m0/s1. The van der Waals surface area contributed by atoms with Crippen molar-refractivity contribution in [1.29, 1.82) is 0 Å². The van der Waals surface area contributed by atoms with Crippen LogP contribution in [0.5, 0.6) is 0 Å². The average Bonchev–Trinajstić information content (AvgIpc) is 2.80. The van der Waals surface area contributed by atoms with Gasteiger partial charge in [0.15, 0.2) is 0 Å². The fraction of sp³-hybridized carbons (Fsp3) is 0.438. The minimum absolute atomic E-state index is 0.137. The Morgan fingerprint density at radius 3 is 2.50 bits per heavy atom. The van der Waals surface area contributed by atoms with Crippen molar-refractivity contribution in [2.24, 2.45) is 5.92 Å². The molecule has 0 spiro atoms. The summed E-state index contributed by atoms with van der Waals surface area (Å²) in [5, 5.41) is 0. The molecular formula is C16H17NO3. The minimum atomic E-state index is -0.264. The molecule has 1 aliphatic carbocycles. The van der Waals surface area contributed by atoms with Crippen molar-refractivity contribution in [1.82, 2.24) is 4.90 Å².